The number of aryl methyl sites for hydroxylation is 1. The van der Waals surface area contributed by atoms with Crippen molar-refractivity contribution in [3.8, 4) is 0 Å². The molecule has 0 aromatic carbocycles. The normalized spacial score (nSPS) is 21.3. The number of hydrogen-bond acceptors (Lipinski definition) is 4. The summed E-state index contributed by atoms with van der Waals surface area (Å²) >= 11 is 1.84. The van der Waals surface area contributed by atoms with Crippen LogP contribution in [0.15, 0.2) is 6.20 Å². The first kappa shape index (κ1) is 14.0. The standard InChI is InChI=1S/C14H25N3S/c1-3-6-15-8-13-5-4-7-17(10-13)11-14-9-16-12(2)18-14/h9,13,15H,3-8,10-11H2,1-2H3. The van der Waals surface area contributed by atoms with Crippen LogP contribution in [0.4, 0.5) is 0 Å². The van der Waals surface area contributed by atoms with Crippen molar-refractivity contribution in [2.45, 2.75) is 39.7 Å². The Hall–Kier alpha value is -0.450. The predicted molar refractivity (Wildman–Crippen MR) is 78.0 cm³/mol. The zero-order valence-corrected chi connectivity index (χ0v) is 12.4. The highest BCUT2D eigenvalue weighted by Gasteiger charge is 2.19. The molecule has 0 aliphatic carbocycles. The molecule has 1 unspecified atom stereocenters. The number of likely N-dealkylation sites (tertiary alicyclic amines) is 1. The number of thiazole rings is 1. The minimum absolute atomic E-state index is 0.833. The second-order valence-corrected chi connectivity index (χ2v) is 6.61. The number of nitrogens with zero attached hydrogens (tertiary/aromatic N) is 2. The van der Waals surface area contributed by atoms with Crippen molar-refractivity contribution in [3.05, 3.63) is 16.1 Å². The first-order valence-corrected chi connectivity index (χ1v) is 7.94. The van der Waals surface area contributed by atoms with E-state index < -0.39 is 0 Å². The van der Waals surface area contributed by atoms with Crippen molar-refractivity contribution in [1.82, 2.24) is 15.2 Å². The quantitative estimate of drug-likeness (QED) is 0.803. The van der Waals surface area contributed by atoms with Crippen molar-refractivity contribution in [3.63, 3.8) is 0 Å². The second-order valence-electron chi connectivity index (χ2n) is 5.29. The van der Waals surface area contributed by atoms with Gasteiger partial charge in [-0.15, -0.1) is 11.3 Å². The van der Waals surface area contributed by atoms with Crippen molar-refractivity contribution in [2.75, 3.05) is 26.2 Å². The maximum atomic E-state index is 4.34. The SMILES string of the molecule is CCCNCC1CCCN(Cc2cnc(C)s2)C1. The van der Waals surface area contributed by atoms with Gasteiger partial charge in [-0.3, -0.25) is 4.90 Å². The van der Waals surface area contributed by atoms with Crippen LogP contribution in [0.1, 0.15) is 36.1 Å². The Morgan fingerprint density at radius 1 is 1.56 bits per heavy atom. The molecule has 1 aliphatic heterocycles. The van der Waals surface area contributed by atoms with E-state index in [-0.39, 0.29) is 0 Å². The van der Waals surface area contributed by atoms with Crippen LogP contribution in [-0.2, 0) is 6.54 Å². The van der Waals surface area contributed by atoms with Gasteiger partial charge in [0.05, 0.1) is 5.01 Å². The molecule has 0 amide bonds. The van der Waals surface area contributed by atoms with Crippen LogP contribution in [0.3, 0.4) is 0 Å². The summed E-state index contributed by atoms with van der Waals surface area (Å²) < 4.78 is 0. The van der Waals surface area contributed by atoms with Crippen LogP contribution in [0.2, 0.25) is 0 Å². The third-order valence-electron chi connectivity index (χ3n) is 3.51. The smallest absolute Gasteiger partial charge is 0.0897 e. The fourth-order valence-corrected chi connectivity index (χ4v) is 3.48. The molecule has 4 heteroatoms. The molecular formula is C14H25N3S. The maximum Gasteiger partial charge on any atom is 0.0897 e. The molecule has 1 aliphatic rings. The zero-order chi connectivity index (χ0) is 12.8. The lowest BCUT2D eigenvalue weighted by Gasteiger charge is -2.32. The van der Waals surface area contributed by atoms with Crippen molar-refractivity contribution >= 4 is 11.3 Å². The molecule has 1 aromatic rings. The fourth-order valence-electron chi connectivity index (χ4n) is 2.64. The topological polar surface area (TPSA) is 28.2 Å². The molecular weight excluding hydrogens is 242 g/mol. The van der Waals surface area contributed by atoms with Gasteiger partial charge in [-0.1, -0.05) is 6.92 Å². The van der Waals surface area contributed by atoms with E-state index >= 15 is 0 Å². The zero-order valence-electron chi connectivity index (χ0n) is 11.6. The van der Waals surface area contributed by atoms with Crippen LogP contribution in [0.25, 0.3) is 0 Å². The van der Waals surface area contributed by atoms with Crippen LogP contribution in [-0.4, -0.2) is 36.1 Å². The van der Waals surface area contributed by atoms with E-state index in [4.69, 9.17) is 0 Å². The Morgan fingerprint density at radius 2 is 2.44 bits per heavy atom. The average molecular weight is 267 g/mol. The number of rotatable bonds is 6. The second kappa shape index (κ2) is 7.22. The van der Waals surface area contributed by atoms with Gasteiger partial charge in [0.1, 0.15) is 0 Å². The third kappa shape index (κ3) is 4.34. The van der Waals surface area contributed by atoms with Gasteiger partial charge >= 0.3 is 0 Å². The highest BCUT2D eigenvalue weighted by atomic mass is 32.1. The van der Waals surface area contributed by atoms with E-state index in [0.717, 1.165) is 19.0 Å². The molecule has 18 heavy (non-hydrogen) atoms. The molecule has 1 aromatic heterocycles. The van der Waals surface area contributed by atoms with Crippen molar-refractivity contribution in [2.24, 2.45) is 5.92 Å². The first-order chi connectivity index (χ1) is 8.78. The summed E-state index contributed by atoms with van der Waals surface area (Å²) in [5, 5.41) is 4.74. The molecule has 0 spiro atoms. The molecule has 1 saturated heterocycles. The summed E-state index contributed by atoms with van der Waals surface area (Å²) in [6.45, 7) is 10.2. The molecule has 0 radical (unpaired) electrons. The molecule has 3 nitrogen and oxygen atoms in total. The fraction of sp³-hybridized carbons (Fsp3) is 0.786. The van der Waals surface area contributed by atoms with Gasteiger partial charge < -0.3 is 5.32 Å². The summed E-state index contributed by atoms with van der Waals surface area (Å²) in [5.41, 5.74) is 0. The highest BCUT2D eigenvalue weighted by Crippen LogP contribution is 2.20. The Kier molecular flexibility index (Phi) is 5.60. The van der Waals surface area contributed by atoms with Crippen molar-refractivity contribution in [1.29, 1.82) is 0 Å². The maximum absolute atomic E-state index is 4.34. The summed E-state index contributed by atoms with van der Waals surface area (Å²) in [6, 6.07) is 0. The van der Waals surface area contributed by atoms with Gasteiger partial charge in [0, 0.05) is 24.2 Å². The molecule has 1 N–H and O–H groups in total. The summed E-state index contributed by atoms with van der Waals surface area (Å²) in [5.74, 6) is 0.833. The van der Waals surface area contributed by atoms with Gasteiger partial charge in [-0.25, -0.2) is 4.98 Å². The van der Waals surface area contributed by atoms with Gasteiger partial charge in [-0.05, 0) is 51.7 Å². The van der Waals surface area contributed by atoms with E-state index in [1.807, 2.05) is 17.5 Å². The first-order valence-electron chi connectivity index (χ1n) is 7.12. The van der Waals surface area contributed by atoms with Gasteiger partial charge in [-0.2, -0.15) is 0 Å². The highest BCUT2D eigenvalue weighted by molar-refractivity contribution is 7.11. The third-order valence-corrected chi connectivity index (χ3v) is 4.41. The summed E-state index contributed by atoms with van der Waals surface area (Å²) in [7, 11) is 0. The molecule has 0 saturated carbocycles. The van der Waals surface area contributed by atoms with Crippen molar-refractivity contribution < 1.29 is 0 Å². The number of piperidine rings is 1. The lowest BCUT2D eigenvalue weighted by Crippen LogP contribution is -2.39. The Morgan fingerprint density at radius 3 is 3.17 bits per heavy atom. The minimum atomic E-state index is 0.833. The Labute approximate surface area is 115 Å². The predicted octanol–water partition coefficient (Wildman–Crippen LogP) is 2.66. The van der Waals surface area contributed by atoms with Crippen LogP contribution in [0, 0.1) is 12.8 Å². The number of hydrogen-bond donors (Lipinski definition) is 1. The summed E-state index contributed by atoms with van der Waals surface area (Å²) in [4.78, 5) is 8.35. The molecule has 1 fully saturated rings. The number of nitrogens with one attached hydrogen (secondary N) is 1. The lowest BCUT2D eigenvalue weighted by atomic mass is 9.98. The molecule has 2 heterocycles. The van der Waals surface area contributed by atoms with E-state index in [1.165, 1.54) is 48.8 Å². The lowest BCUT2D eigenvalue weighted by molar-refractivity contribution is 0.166. The number of aromatic nitrogens is 1. The van der Waals surface area contributed by atoms with E-state index in [2.05, 4.69) is 29.0 Å². The monoisotopic (exact) mass is 267 g/mol. The summed E-state index contributed by atoms with van der Waals surface area (Å²) in [6.07, 6.45) is 6.00. The molecule has 102 valence electrons. The van der Waals surface area contributed by atoms with E-state index in [9.17, 15) is 0 Å². The van der Waals surface area contributed by atoms with Gasteiger partial charge in [0.25, 0.3) is 0 Å². The van der Waals surface area contributed by atoms with Gasteiger partial charge in [0.2, 0.25) is 0 Å². The molecule has 0 bridgehead atoms. The average Bonchev–Trinajstić information content (AvgIpc) is 2.76. The van der Waals surface area contributed by atoms with Crippen LogP contribution >= 0.6 is 11.3 Å². The molecule has 1 atom stereocenters. The Balaban J connectivity index is 1.76. The van der Waals surface area contributed by atoms with Crippen LogP contribution in [0.5, 0.6) is 0 Å². The van der Waals surface area contributed by atoms with E-state index in [0.29, 0.717) is 0 Å². The minimum Gasteiger partial charge on any atom is -0.316 e. The Bertz CT molecular complexity index is 351. The van der Waals surface area contributed by atoms with Crippen LogP contribution < -0.4 is 5.32 Å². The van der Waals surface area contributed by atoms with Gasteiger partial charge in [0.15, 0.2) is 0 Å². The molecule has 2 rings (SSSR count). The van der Waals surface area contributed by atoms with E-state index in [1.54, 1.807) is 0 Å². The largest absolute Gasteiger partial charge is 0.316 e.